The third kappa shape index (κ3) is 2.83. The maximum absolute atomic E-state index is 14.0. The minimum atomic E-state index is -0.606. The van der Waals surface area contributed by atoms with Crippen molar-refractivity contribution in [3.8, 4) is 16.9 Å². The third-order valence-electron chi connectivity index (χ3n) is 4.14. The summed E-state index contributed by atoms with van der Waals surface area (Å²) in [5, 5.41) is -0.0185. The number of halogens is 3. The monoisotopic (exact) mass is 386 g/mol. The van der Waals surface area contributed by atoms with Crippen molar-refractivity contribution in [2.24, 2.45) is 0 Å². The summed E-state index contributed by atoms with van der Waals surface area (Å²) in [5.41, 5.74) is 13.7. The van der Waals surface area contributed by atoms with E-state index < -0.39 is 11.6 Å². The van der Waals surface area contributed by atoms with Crippen LogP contribution in [0.1, 0.15) is 5.82 Å². The number of nitrogens with zero attached hydrogens (tertiary/aromatic N) is 4. The van der Waals surface area contributed by atoms with Crippen LogP contribution in [-0.2, 0) is 0 Å². The van der Waals surface area contributed by atoms with E-state index in [0.29, 0.717) is 33.8 Å². The Morgan fingerprint density at radius 1 is 1.00 bits per heavy atom. The van der Waals surface area contributed by atoms with Crippen molar-refractivity contribution >= 4 is 34.4 Å². The second-order valence-corrected chi connectivity index (χ2v) is 6.33. The maximum atomic E-state index is 14.0. The molecule has 4 rings (SSSR count). The van der Waals surface area contributed by atoms with E-state index in [1.807, 2.05) is 0 Å². The average Bonchev–Trinajstić information content (AvgIpc) is 2.91. The van der Waals surface area contributed by atoms with Crippen molar-refractivity contribution in [1.82, 2.24) is 19.5 Å². The van der Waals surface area contributed by atoms with Crippen molar-refractivity contribution < 1.29 is 8.78 Å². The van der Waals surface area contributed by atoms with Gasteiger partial charge in [0.1, 0.15) is 23.3 Å². The Morgan fingerprint density at radius 2 is 1.78 bits per heavy atom. The van der Waals surface area contributed by atoms with Crippen LogP contribution in [0, 0.1) is 18.6 Å². The van der Waals surface area contributed by atoms with Gasteiger partial charge >= 0.3 is 0 Å². The molecule has 0 aliphatic carbocycles. The van der Waals surface area contributed by atoms with Crippen LogP contribution in [0.4, 0.5) is 20.5 Å². The van der Waals surface area contributed by atoms with Crippen molar-refractivity contribution in [3.05, 3.63) is 58.9 Å². The predicted octanol–water partition coefficient (Wildman–Crippen LogP) is 3.89. The van der Waals surface area contributed by atoms with E-state index in [4.69, 9.17) is 23.1 Å². The molecule has 4 aromatic rings. The molecule has 27 heavy (non-hydrogen) atoms. The fourth-order valence-electron chi connectivity index (χ4n) is 3.01. The minimum Gasteiger partial charge on any atom is -0.383 e. The van der Waals surface area contributed by atoms with Crippen molar-refractivity contribution in [2.45, 2.75) is 6.92 Å². The maximum Gasteiger partial charge on any atom is 0.224 e. The van der Waals surface area contributed by atoms with Gasteiger partial charge in [-0.1, -0.05) is 17.7 Å². The van der Waals surface area contributed by atoms with Gasteiger partial charge in [0.15, 0.2) is 5.82 Å². The molecule has 0 fully saturated rings. The lowest BCUT2D eigenvalue weighted by Gasteiger charge is -2.15. The Labute approximate surface area is 157 Å². The van der Waals surface area contributed by atoms with E-state index in [2.05, 4.69) is 15.0 Å². The summed E-state index contributed by atoms with van der Waals surface area (Å²) in [7, 11) is 0. The summed E-state index contributed by atoms with van der Waals surface area (Å²) in [6.07, 6.45) is 0. The number of hydrogen-bond acceptors (Lipinski definition) is 5. The van der Waals surface area contributed by atoms with Gasteiger partial charge in [-0.25, -0.2) is 13.8 Å². The van der Waals surface area contributed by atoms with Crippen LogP contribution in [0.5, 0.6) is 0 Å². The Hall–Kier alpha value is -3.26. The zero-order chi connectivity index (χ0) is 19.3. The molecule has 0 saturated carbocycles. The Balaban J connectivity index is 2.07. The molecule has 0 saturated heterocycles. The SMILES string of the molecule is Cc1nc2cc(F)ccc2n1-c1nc(N)nc(N)c1-c1ccc(Cl)c(F)c1. The van der Waals surface area contributed by atoms with Crippen LogP contribution < -0.4 is 11.5 Å². The summed E-state index contributed by atoms with van der Waals surface area (Å²) in [6, 6.07) is 8.47. The van der Waals surface area contributed by atoms with Gasteiger partial charge in [-0.15, -0.1) is 0 Å². The second kappa shape index (κ2) is 6.17. The molecule has 0 aliphatic heterocycles. The van der Waals surface area contributed by atoms with Crippen LogP contribution in [0.3, 0.4) is 0 Å². The van der Waals surface area contributed by atoms with Crippen LogP contribution in [0.25, 0.3) is 28.0 Å². The number of imidazole rings is 1. The highest BCUT2D eigenvalue weighted by Gasteiger charge is 2.20. The van der Waals surface area contributed by atoms with Crippen LogP contribution in [0.15, 0.2) is 36.4 Å². The van der Waals surface area contributed by atoms with E-state index in [1.165, 1.54) is 24.3 Å². The van der Waals surface area contributed by atoms with E-state index in [-0.39, 0.29) is 16.8 Å². The molecule has 0 radical (unpaired) electrons. The number of nitrogen functional groups attached to an aromatic ring is 2. The fraction of sp³-hybridized carbons (Fsp3) is 0.0556. The Kier molecular flexibility index (Phi) is 3.92. The van der Waals surface area contributed by atoms with Crippen molar-refractivity contribution in [2.75, 3.05) is 11.5 Å². The molecule has 2 aromatic carbocycles. The first-order valence-corrected chi connectivity index (χ1v) is 8.26. The van der Waals surface area contributed by atoms with Gasteiger partial charge in [-0.2, -0.15) is 9.97 Å². The molecule has 0 unspecified atom stereocenters. The number of rotatable bonds is 2. The average molecular weight is 387 g/mol. The highest BCUT2D eigenvalue weighted by molar-refractivity contribution is 6.30. The van der Waals surface area contributed by atoms with Gasteiger partial charge < -0.3 is 11.5 Å². The number of fused-ring (bicyclic) bond motifs is 1. The molecule has 9 heteroatoms. The van der Waals surface area contributed by atoms with Crippen molar-refractivity contribution in [1.29, 1.82) is 0 Å². The van der Waals surface area contributed by atoms with Gasteiger partial charge in [0.2, 0.25) is 5.95 Å². The molecule has 0 atom stereocenters. The lowest BCUT2D eigenvalue weighted by molar-refractivity contribution is 0.628. The Bertz CT molecular complexity index is 1200. The summed E-state index contributed by atoms with van der Waals surface area (Å²) in [5.74, 6) is -0.150. The Morgan fingerprint density at radius 3 is 2.52 bits per heavy atom. The van der Waals surface area contributed by atoms with Crippen LogP contribution >= 0.6 is 11.6 Å². The molecule has 0 spiro atoms. The molecular weight excluding hydrogens is 374 g/mol. The largest absolute Gasteiger partial charge is 0.383 e. The molecule has 2 aromatic heterocycles. The van der Waals surface area contributed by atoms with E-state index >= 15 is 0 Å². The van der Waals surface area contributed by atoms with Gasteiger partial charge in [0.25, 0.3) is 0 Å². The van der Waals surface area contributed by atoms with Gasteiger partial charge in [0, 0.05) is 6.07 Å². The third-order valence-corrected chi connectivity index (χ3v) is 4.45. The number of hydrogen-bond donors (Lipinski definition) is 2. The van der Waals surface area contributed by atoms with Crippen LogP contribution in [0.2, 0.25) is 5.02 Å². The first-order valence-electron chi connectivity index (χ1n) is 7.88. The lowest BCUT2D eigenvalue weighted by atomic mass is 10.1. The molecule has 0 aliphatic rings. The van der Waals surface area contributed by atoms with E-state index in [1.54, 1.807) is 23.6 Å². The predicted molar refractivity (Wildman–Crippen MR) is 101 cm³/mol. The first kappa shape index (κ1) is 17.2. The number of aryl methyl sites for hydroxylation is 1. The zero-order valence-electron chi connectivity index (χ0n) is 14.0. The van der Waals surface area contributed by atoms with E-state index in [0.717, 1.165) is 0 Å². The number of aromatic nitrogens is 4. The number of nitrogens with two attached hydrogens (primary N) is 2. The minimum absolute atomic E-state index is 0.0185. The van der Waals surface area contributed by atoms with Gasteiger partial charge in [0.05, 0.1) is 21.6 Å². The van der Waals surface area contributed by atoms with Gasteiger partial charge in [-0.3, -0.25) is 4.57 Å². The smallest absolute Gasteiger partial charge is 0.224 e. The number of benzene rings is 2. The van der Waals surface area contributed by atoms with E-state index in [9.17, 15) is 8.78 Å². The molecular formula is C18H13ClF2N6. The van der Waals surface area contributed by atoms with Crippen LogP contribution in [-0.4, -0.2) is 19.5 Å². The summed E-state index contributed by atoms with van der Waals surface area (Å²) in [6.45, 7) is 1.73. The molecule has 4 N–H and O–H groups in total. The highest BCUT2D eigenvalue weighted by Crippen LogP contribution is 2.34. The fourth-order valence-corrected chi connectivity index (χ4v) is 3.13. The zero-order valence-corrected chi connectivity index (χ0v) is 14.8. The standard InChI is InChI=1S/C18H13ClF2N6/c1-8-24-13-7-10(20)3-5-14(13)27(8)17-15(16(22)25-18(23)26-17)9-2-4-11(19)12(21)6-9/h2-7H,1H3,(H4,22,23,25,26). The quantitative estimate of drug-likeness (QED) is 0.545. The second-order valence-electron chi connectivity index (χ2n) is 5.92. The molecule has 0 bridgehead atoms. The number of anilines is 2. The topological polar surface area (TPSA) is 95.6 Å². The summed E-state index contributed by atoms with van der Waals surface area (Å²) in [4.78, 5) is 12.7. The van der Waals surface area contributed by atoms with Crippen molar-refractivity contribution in [3.63, 3.8) is 0 Å². The normalized spacial score (nSPS) is 11.3. The molecule has 0 amide bonds. The lowest BCUT2D eigenvalue weighted by Crippen LogP contribution is -2.10. The summed E-state index contributed by atoms with van der Waals surface area (Å²) >= 11 is 5.78. The highest BCUT2D eigenvalue weighted by atomic mass is 35.5. The molecule has 6 nitrogen and oxygen atoms in total. The summed E-state index contributed by atoms with van der Waals surface area (Å²) < 4.78 is 29.3. The molecule has 136 valence electrons. The van der Waals surface area contributed by atoms with Gasteiger partial charge in [-0.05, 0) is 36.8 Å². The molecule has 2 heterocycles. The first-order chi connectivity index (χ1) is 12.8.